The van der Waals surface area contributed by atoms with Crippen LogP contribution in [0.2, 0.25) is 0 Å². The van der Waals surface area contributed by atoms with E-state index in [-0.39, 0.29) is 12.3 Å². The second-order valence-electron chi connectivity index (χ2n) is 6.24. The summed E-state index contributed by atoms with van der Waals surface area (Å²) in [7, 11) is 0. The lowest BCUT2D eigenvalue weighted by Gasteiger charge is -2.46. The van der Waals surface area contributed by atoms with Crippen molar-refractivity contribution in [2.75, 3.05) is 11.4 Å². The number of ether oxygens (including phenoxy) is 1. The SMILES string of the molecule is CC1Oc2ccc(O)cc2N2C(=O)N(C(N)=O)CC12c1ccccc1. The average Bonchev–Trinajstić information content (AvgIpc) is 2.92. The van der Waals surface area contributed by atoms with Gasteiger partial charge in [0.05, 0.1) is 12.2 Å². The zero-order valence-electron chi connectivity index (χ0n) is 13.5. The summed E-state index contributed by atoms with van der Waals surface area (Å²) in [6.45, 7) is 1.93. The van der Waals surface area contributed by atoms with E-state index in [9.17, 15) is 14.7 Å². The molecule has 0 spiro atoms. The zero-order chi connectivity index (χ0) is 17.8. The molecule has 4 amide bonds. The molecule has 0 aromatic heterocycles. The van der Waals surface area contributed by atoms with Crippen LogP contribution < -0.4 is 15.4 Å². The lowest BCUT2D eigenvalue weighted by Crippen LogP contribution is -2.57. The molecule has 1 fully saturated rings. The molecule has 0 bridgehead atoms. The molecule has 1 saturated heterocycles. The Hall–Kier alpha value is -3.22. The average molecular weight is 339 g/mol. The fraction of sp³-hybridized carbons (Fsp3) is 0.222. The molecule has 7 heteroatoms. The van der Waals surface area contributed by atoms with Crippen LogP contribution in [0.1, 0.15) is 12.5 Å². The second-order valence-corrected chi connectivity index (χ2v) is 6.24. The van der Waals surface area contributed by atoms with E-state index in [4.69, 9.17) is 10.5 Å². The first kappa shape index (κ1) is 15.3. The summed E-state index contributed by atoms with van der Waals surface area (Å²) in [6, 6.07) is 12.6. The molecule has 2 heterocycles. The maximum Gasteiger partial charge on any atom is 0.333 e. The van der Waals surface area contributed by atoms with Crippen molar-refractivity contribution < 1.29 is 19.4 Å². The predicted octanol–water partition coefficient (Wildman–Crippen LogP) is 2.39. The number of nitrogens with two attached hydrogens (primary N) is 1. The molecule has 4 rings (SSSR count). The Kier molecular flexibility index (Phi) is 3.15. The molecule has 128 valence electrons. The van der Waals surface area contributed by atoms with Crippen LogP contribution in [0.15, 0.2) is 48.5 Å². The molecule has 3 N–H and O–H groups in total. The summed E-state index contributed by atoms with van der Waals surface area (Å²) in [5.74, 6) is 0.473. The van der Waals surface area contributed by atoms with E-state index in [1.54, 1.807) is 6.07 Å². The fourth-order valence-electron chi connectivity index (χ4n) is 3.72. The molecule has 0 radical (unpaired) electrons. The van der Waals surface area contributed by atoms with E-state index in [0.717, 1.165) is 10.5 Å². The topological polar surface area (TPSA) is 96.1 Å². The molecule has 7 nitrogen and oxygen atoms in total. The first-order valence-electron chi connectivity index (χ1n) is 7.91. The van der Waals surface area contributed by atoms with Crippen LogP contribution in [0.25, 0.3) is 0 Å². The molecule has 2 unspecified atom stereocenters. The minimum atomic E-state index is -0.922. The van der Waals surface area contributed by atoms with Crippen molar-refractivity contribution in [3.05, 3.63) is 54.1 Å². The van der Waals surface area contributed by atoms with E-state index in [2.05, 4.69) is 0 Å². The third-order valence-corrected chi connectivity index (χ3v) is 4.92. The third-order valence-electron chi connectivity index (χ3n) is 4.92. The third kappa shape index (κ3) is 1.98. The van der Waals surface area contributed by atoms with E-state index < -0.39 is 23.7 Å². The van der Waals surface area contributed by atoms with Gasteiger partial charge in [-0.2, -0.15) is 0 Å². The fourth-order valence-corrected chi connectivity index (χ4v) is 3.72. The lowest BCUT2D eigenvalue weighted by atomic mass is 9.82. The number of nitrogens with zero attached hydrogens (tertiary/aromatic N) is 2. The number of fused-ring (bicyclic) bond motifs is 3. The molecular weight excluding hydrogens is 322 g/mol. The Balaban J connectivity index is 1.99. The van der Waals surface area contributed by atoms with Gasteiger partial charge in [0, 0.05) is 6.07 Å². The number of phenols is 1. The van der Waals surface area contributed by atoms with Crippen LogP contribution in [-0.4, -0.2) is 34.7 Å². The minimum Gasteiger partial charge on any atom is -0.508 e. The Bertz CT molecular complexity index is 870. The maximum atomic E-state index is 13.0. The number of aromatic hydroxyl groups is 1. The summed E-state index contributed by atoms with van der Waals surface area (Å²) >= 11 is 0. The molecule has 25 heavy (non-hydrogen) atoms. The minimum absolute atomic E-state index is 0.00388. The van der Waals surface area contributed by atoms with Crippen LogP contribution in [0, 0.1) is 0 Å². The molecule has 2 aromatic rings. The van der Waals surface area contributed by atoms with Gasteiger partial charge >= 0.3 is 12.1 Å². The van der Waals surface area contributed by atoms with Gasteiger partial charge in [-0.15, -0.1) is 0 Å². The first-order valence-corrected chi connectivity index (χ1v) is 7.91. The van der Waals surface area contributed by atoms with E-state index in [1.165, 1.54) is 17.0 Å². The number of benzene rings is 2. The quantitative estimate of drug-likeness (QED) is 0.834. The number of imide groups is 1. The van der Waals surface area contributed by atoms with E-state index >= 15 is 0 Å². The van der Waals surface area contributed by atoms with Crippen molar-refractivity contribution >= 4 is 17.7 Å². The van der Waals surface area contributed by atoms with Crippen LogP contribution in [-0.2, 0) is 5.54 Å². The van der Waals surface area contributed by atoms with Gasteiger partial charge < -0.3 is 15.6 Å². The van der Waals surface area contributed by atoms with Crippen LogP contribution in [0.3, 0.4) is 0 Å². The van der Waals surface area contributed by atoms with Crippen molar-refractivity contribution in [3.63, 3.8) is 0 Å². The molecule has 2 atom stereocenters. The molecule has 0 saturated carbocycles. The Morgan fingerprint density at radius 2 is 2.00 bits per heavy atom. The van der Waals surface area contributed by atoms with Gasteiger partial charge in [-0.05, 0) is 24.6 Å². The van der Waals surface area contributed by atoms with Crippen molar-refractivity contribution in [2.45, 2.75) is 18.6 Å². The number of carbonyl (C=O) groups excluding carboxylic acids is 2. The summed E-state index contributed by atoms with van der Waals surface area (Å²) in [5.41, 5.74) is 5.74. The van der Waals surface area contributed by atoms with Crippen LogP contribution in [0.4, 0.5) is 15.3 Å². The van der Waals surface area contributed by atoms with Crippen molar-refractivity contribution in [1.29, 1.82) is 0 Å². The number of primary amides is 1. The summed E-state index contributed by atoms with van der Waals surface area (Å²) < 4.78 is 6.05. The number of phenolic OH excluding ortho intramolecular Hbond substituents is 1. The Morgan fingerprint density at radius 1 is 1.28 bits per heavy atom. The Morgan fingerprint density at radius 3 is 2.68 bits per heavy atom. The monoisotopic (exact) mass is 339 g/mol. The van der Waals surface area contributed by atoms with E-state index in [1.807, 2.05) is 37.3 Å². The van der Waals surface area contributed by atoms with Crippen LogP contribution >= 0.6 is 0 Å². The maximum absolute atomic E-state index is 13.0. The number of hydrogen-bond donors (Lipinski definition) is 2. The normalized spacial score (nSPS) is 24.5. The van der Waals surface area contributed by atoms with E-state index in [0.29, 0.717) is 11.4 Å². The highest BCUT2D eigenvalue weighted by molar-refractivity contribution is 6.07. The highest BCUT2D eigenvalue weighted by Gasteiger charge is 2.60. The number of rotatable bonds is 1. The largest absolute Gasteiger partial charge is 0.508 e. The molecule has 2 aliphatic rings. The second kappa shape index (κ2) is 5.14. The van der Waals surface area contributed by atoms with Crippen molar-refractivity contribution in [3.8, 4) is 11.5 Å². The zero-order valence-corrected chi connectivity index (χ0v) is 13.5. The lowest BCUT2D eigenvalue weighted by molar-refractivity contribution is 0.112. The molecule has 2 aliphatic heterocycles. The van der Waals surface area contributed by atoms with Gasteiger partial charge in [-0.3, -0.25) is 4.90 Å². The van der Waals surface area contributed by atoms with Gasteiger partial charge in [0.2, 0.25) is 0 Å². The molecule has 0 aliphatic carbocycles. The number of hydrogen-bond acceptors (Lipinski definition) is 4. The van der Waals surface area contributed by atoms with Gasteiger partial charge in [-0.1, -0.05) is 30.3 Å². The summed E-state index contributed by atoms with van der Waals surface area (Å²) in [6.07, 6.45) is -0.430. The summed E-state index contributed by atoms with van der Waals surface area (Å²) in [4.78, 5) is 27.3. The van der Waals surface area contributed by atoms with Crippen molar-refractivity contribution in [2.24, 2.45) is 5.73 Å². The smallest absolute Gasteiger partial charge is 0.333 e. The van der Waals surface area contributed by atoms with Crippen LogP contribution in [0.5, 0.6) is 11.5 Å². The highest BCUT2D eigenvalue weighted by atomic mass is 16.5. The number of anilines is 1. The van der Waals surface area contributed by atoms with Gasteiger partial charge in [-0.25, -0.2) is 14.5 Å². The molecule has 2 aromatic carbocycles. The number of amides is 4. The highest BCUT2D eigenvalue weighted by Crippen LogP contribution is 2.51. The number of urea groups is 2. The first-order chi connectivity index (χ1) is 11.9. The Labute approximate surface area is 144 Å². The number of carbonyl (C=O) groups is 2. The molecular formula is C18H17N3O4. The standard InChI is InChI=1S/C18H17N3O4/c1-11-18(12-5-3-2-4-6-12)10-20(16(19)23)17(24)21(18)14-9-13(22)7-8-15(14)25-11/h2-9,11,22H,10H2,1H3,(H2,19,23). The van der Waals surface area contributed by atoms with Gasteiger partial charge in [0.15, 0.2) is 0 Å². The van der Waals surface area contributed by atoms with Gasteiger partial charge in [0.25, 0.3) is 0 Å². The predicted molar refractivity (Wildman–Crippen MR) is 90.5 cm³/mol. The van der Waals surface area contributed by atoms with Gasteiger partial charge in [0.1, 0.15) is 23.1 Å². The summed E-state index contributed by atoms with van der Waals surface area (Å²) in [5, 5.41) is 9.89. The van der Waals surface area contributed by atoms with Crippen molar-refractivity contribution in [1.82, 2.24) is 4.90 Å².